The molecule has 1 aromatic rings. The molecule has 0 fully saturated rings. The molecule has 0 N–H and O–H groups in total. The summed E-state index contributed by atoms with van der Waals surface area (Å²) < 4.78 is 110. The molecule has 0 spiro atoms. The van der Waals surface area contributed by atoms with Crippen LogP contribution in [0.1, 0.15) is 12.0 Å². The van der Waals surface area contributed by atoms with Gasteiger partial charge in [0, 0.05) is 12.2 Å². The van der Waals surface area contributed by atoms with Gasteiger partial charge in [-0.05, 0) is 18.4 Å². The third kappa shape index (κ3) is 6.70. The third-order valence-corrected chi connectivity index (χ3v) is 3.60. The van der Waals surface area contributed by atoms with Crippen molar-refractivity contribution in [2.75, 3.05) is 13.2 Å². The Labute approximate surface area is 165 Å². The first-order valence-electron chi connectivity index (χ1n) is 8.28. The van der Waals surface area contributed by atoms with Crippen LogP contribution in [0.5, 0.6) is 0 Å². The van der Waals surface area contributed by atoms with Crippen molar-refractivity contribution in [3.05, 3.63) is 48.0 Å². The number of rotatable bonds is 11. The minimum absolute atomic E-state index is 0.0554. The number of alkyl halides is 8. The second-order valence-electron chi connectivity index (χ2n) is 5.90. The van der Waals surface area contributed by atoms with E-state index in [2.05, 4.69) is 4.74 Å². The Bertz CT molecular complexity index is 735. The summed E-state index contributed by atoms with van der Waals surface area (Å²) in [5.74, 6) is -21.5. The number of esters is 2. The van der Waals surface area contributed by atoms with Gasteiger partial charge in [0.1, 0.15) is 0 Å². The van der Waals surface area contributed by atoms with Gasteiger partial charge in [-0.2, -0.15) is 26.3 Å². The highest BCUT2D eigenvalue weighted by molar-refractivity contribution is 5.91. The van der Waals surface area contributed by atoms with E-state index in [0.717, 1.165) is 5.56 Å². The fraction of sp³-hybridized carbons (Fsp3) is 0.444. The molecule has 0 saturated carbocycles. The predicted octanol–water partition coefficient (Wildman–Crippen LogP) is 4.43. The van der Waals surface area contributed by atoms with Crippen LogP contribution in [-0.4, -0.2) is 49.3 Å². The molecule has 30 heavy (non-hydrogen) atoms. The van der Waals surface area contributed by atoms with E-state index in [-0.39, 0.29) is 12.7 Å². The first-order valence-corrected chi connectivity index (χ1v) is 8.28. The van der Waals surface area contributed by atoms with E-state index < -0.39 is 42.7 Å². The highest BCUT2D eigenvalue weighted by atomic mass is 19.4. The summed E-state index contributed by atoms with van der Waals surface area (Å²) >= 11 is 0. The zero-order chi connectivity index (χ0) is 23.0. The van der Waals surface area contributed by atoms with E-state index in [1.165, 1.54) is 0 Å². The maximum Gasteiger partial charge on any atom is 0.381 e. The molecular weight excluding hydrogens is 432 g/mol. The molecule has 1 rings (SSSR count). The van der Waals surface area contributed by atoms with E-state index >= 15 is 0 Å². The van der Waals surface area contributed by atoms with Crippen LogP contribution in [0, 0.1) is 0 Å². The molecule has 168 valence electrons. The largest absolute Gasteiger partial charge is 0.463 e. The number of hydrogen-bond donors (Lipinski definition) is 0. The van der Waals surface area contributed by atoms with Gasteiger partial charge in [0.2, 0.25) is 0 Å². The maximum absolute atomic E-state index is 13.2. The average Bonchev–Trinajstić information content (AvgIpc) is 2.68. The summed E-state index contributed by atoms with van der Waals surface area (Å²) in [5.41, 5.74) is 0.975. The summed E-state index contributed by atoms with van der Waals surface area (Å²) in [6, 6.07) is 9.12. The SMILES string of the molecule is O=C(/C=C/C(=O)OCC(F)(F)C(F)(F)C(F)(F)C(F)F)OCCCc1ccccc1. The van der Waals surface area contributed by atoms with Gasteiger partial charge < -0.3 is 9.47 Å². The summed E-state index contributed by atoms with van der Waals surface area (Å²) in [6.45, 7) is -2.67. The minimum atomic E-state index is -6.49. The van der Waals surface area contributed by atoms with Crippen molar-refractivity contribution in [3.8, 4) is 0 Å². The minimum Gasteiger partial charge on any atom is -0.463 e. The second kappa shape index (κ2) is 10.4. The molecule has 0 aliphatic rings. The molecule has 0 unspecified atom stereocenters. The average molecular weight is 448 g/mol. The van der Waals surface area contributed by atoms with Crippen molar-refractivity contribution in [3.63, 3.8) is 0 Å². The number of halogens is 8. The molecule has 0 aromatic heterocycles. The molecule has 0 bridgehead atoms. The van der Waals surface area contributed by atoms with Crippen LogP contribution >= 0.6 is 0 Å². The molecule has 4 nitrogen and oxygen atoms in total. The lowest BCUT2D eigenvalue weighted by Crippen LogP contribution is -2.59. The Morgan fingerprint density at radius 3 is 1.97 bits per heavy atom. The second-order valence-corrected chi connectivity index (χ2v) is 5.90. The highest BCUT2D eigenvalue weighted by Crippen LogP contribution is 2.48. The summed E-state index contributed by atoms with van der Waals surface area (Å²) in [7, 11) is 0. The van der Waals surface area contributed by atoms with Crippen LogP contribution in [0.15, 0.2) is 42.5 Å². The maximum atomic E-state index is 13.2. The van der Waals surface area contributed by atoms with Gasteiger partial charge >= 0.3 is 36.1 Å². The Balaban J connectivity index is 2.45. The Morgan fingerprint density at radius 2 is 1.43 bits per heavy atom. The van der Waals surface area contributed by atoms with Crippen molar-refractivity contribution < 1.29 is 54.2 Å². The van der Waals surface area contributed by atoms with Gasteiger partial charge in [-0.25, -0.2) is 18.4 Å². The molecular formula is C18H16F8O4. The lowest BCUT2D eigenvalue weighted by molar-refractivity contribution is -0.344. The van der Waals surface area contributed by atoms with Gasteiger partial charge in [0.05, 0.1) is 6.61 Å². The Morgan fingerprint density at radius 1 is 0.900 bits per heavy atom. The quantitative estimate of drug-likeness (QED) is 0.218. The van der Waals surface area contributed by atoms with Crippen molar-refractivity contribution in [1.29, 1.82) is 0 Å². The van der Waals surface area contributed by atoms with Crippen molar-refractivity contribution in [2.45, 2.75) is 37.0 Å². The molecule has 0 radical (unpaired) electrons. The van der Waals surface area contributed by atoms with Crippen LogP contribution in [0.25, 0.3) is 0 Å². The summed E-state index contributed by atoms with van der Waals surface area (Å²) in [6.07, 6.45) is -3.40. The van der Waals surface area contributed by atoms with Gasteiger partial charge in [-0.3, -0.25) is 0 Å². The van der Waals surface area contributed by atoms with E-state index in [1.54, 1.807) is 0 Å². The molecule has 0 heterocycles. The topological polar surface area (TPSA) is 52.6 Å². The molecule has 0 amide bonds. The third-order valence-electron chi connectivity index (χ3n) is 3.60. The highest BCUT2D eigenvalue weighted by Gasteiger charge is 2.75. The van der Waals surface area contributed by atoms with Gasteiger partial charge in [0.15, 0.2) is 6.61 Å². The normalized spacial score (nSPS) is 13.0. The lowest BCUT2D eigenvalue weighted by Gasteiger charge is -2.31. The van der Waals surface area contributed by atoms with Gasteiger partial charge in [0.25, 0.3) is 0 Å². The van der Waals surface area contributed by atoms with E-state index in [4.69, 9.17) is 4.74 Å². The van der Waals surface area contributed by atoms with E-state index in [1.807, 2.05) is 30.3 Å². The number of carbonyl (C=O) groups excluding carboxylic acids is 2. The van der Waals surface area contributed by atoms with Crippen LogP contribution in [0.3, 0.4) is 0 Å². The Kier molecular flexibility index (Phi) is 8.79. The van der Waals surface area contributed by atoms with Gasteiger partial charge in [-0.15, -0.1) is 0 Å². The molecule has 12 heteroatoms. The predicted molar refractivity (Wildman–Crippen MR) is 86.7 cm³/mol. The van der Waals surface area contributed by atoms with Crippen molar-refractivity contribution >= 4 is 11.9 Å². The number of benzene rings is 1. The molecule has 0 saturated heterocycles. The number of carbonyl (C=O) groups is 2. The molecule has 0 aliphatic heterocycles. The molecule has 0 aliphatic carbocycles. The fourth-order valence-corrected chi connectivity index (χ4v) is 1.96. The smallest absolute Gasteiger partial charge is 0.381 e. The summed E-state index contributed by atoms with van der Waals surface area (Å²) in [5, 5.41) is 0. The van der Waals surface area contributed by atoms with Gasteiger partial charge in [-0.1, -0.05) is 30.3 Å². The number of ether oxygens (including phenoxy) is 2. The fourth-order valence-electron chi connectivity index (χ4n) is 1.96. The standard InChI is InChI=1S/C18H16F8O4/c19-15(20)17(23,24)18(25,26)16(21,22)11-30-14(28)9-8-13(27)29-10-4-7-12-5-2-1-3-6-12/h1-3,5-6,8-9,15H,4,7,10-11H2/b9-8+. The van der Waals surface area contributed by atoms with Crippen LogP contribution < -0.4 is 0 Å². The molecule has 0 atom stereocenters. The van der Waals surface area contributed by atoms with Crippen LogP contribution in [0.2, 0.25) is 0 Å². The lowest BCUT2D eigenvalue weighted by atomic mass is 10.1. The monoisotopic (exact) mass is 448 g/mol. The zero-order valence-electron chi connectivity index (χ0n) is 15.1. The van der Waals surface area contributed by atoms with Crippen molar-refractivity contribution in [2.24, 2.45) is 0 Å². The first-order chi connectivity index (χ1) is 13.8. The zero-order valence-corrected chi connectivity index (χ0v) is 15.1. The number of aryl methyl sites for hydroxylation is 1. The van der Waals surface area contributed by atoms with Crippen LogP contribution in [0.4, 0.5) is 35.1 Å². The summed E-state index contributed by atoms with van der Waals surface area (Å²) in [4.78, 5) is 22.5. The Hall–Kier alpha value is -2.66. The first kappa shape index (κ1) is 25.4. The van der Waals surface area contributed by atoms with Crippen LogP contribution in [-0.2, 0) is 25.5 Å². The molecule has 1 aromatic carbocycles. The number of hydrogen-bond acceptors (Lipinski definition) is 4. The van der Waals surface area contributed by atoms with Crippen molar-refractivity contribution in [1.82, 2.24) is 0 Å². The van der Waals surface area contributed by atoms with E-state index in [9.17, 15) is 44.7 Å². The van der Waals surface area contributed by atoms with E-state index in [0.29, 0.717) is 18.9 Å².